The molecule has 0 atom stereocenters. The topological polar surface area (TPSA) is 41.6 Å². The molecule has 94 valence electrons. The van der Waals surface area contributed by atoms with Crippen LogP contribution in [0.4, 0.5) is 4.79 Å². The minimum Gasteiger partial charge on any atom is -0.453 e. The summed E-state index contributed by atoms with van der Waals surface area (Å²) in [6.07, 6.45) is 2.07. The zero-order valence-electron chi connectivity index (χ0n) is 10.9. The molecule has 0 aromatic rings. The van der Waals surface area contributed by atoms with E-state index < -0.39 is 0 Å². The van der Waals surface area contributed by atoms with Crippen molar-refractivity contribution in [3.8, 4) is 0 Å². The molecule has 16 heavy (non-hydrogen) atoms. The Balaban J connectivity index is 2.59. The molecule has 0 aromatic heterocycles. The number of nitrogens with zero attached hydrogens (tertiary/aromatic N) is 1. The van der Waals surface area contributed by atoms with E-state index >= 15 is 0 Å². The lowest BCUT2D eigenvalue weighted by molar-refractivity contribution is 0.0699. The number of methoxy groups -OCH3 is 1. The maximum atomic E-state index is 11.7. The van der Waals surface area contributed by atoms with Crippen molar-refractivity contribution in [3.63, 3.8) is 0 Å². The molecule has 1 rings (SSSR count). The first-order chi connectivity index (χ1) is 7.45. The Kier molecular flexibility index (Phi) is 4.59. The highest BCUT2D eigenvalue weighted by Gasteiger charge is 2.29. The fourth-order valence-corrected chi connectivity index (χ4v) is 2.05. The van der Waals surface area contributed by atoms with Crippen LogP contribution in [0.1, 0.15) is 33.6 Å². The quantitative estimate of drug-likeness (QED) is 0.784. The highest BCUT2D eigenvalue weighted by molar-refractivity contribution is 5.68. The van der Waals surface area contributed by atoms with Crippen molar-refractivity contribution in [1.29, 1.82) is 0 Å². The molecule has 4 heteroatoms. The number of rotatable bonds is 2. The zero-order chi connectivity index (χ0) is 12.2. The van der Waals surface area contributed by atoms with E-state index in [2.05, 4.69) is 5.32 Å². The summed E-state index contributed by atoms with van der Waals surface area (Å²) < 4.78 is 4.85. The van der Waals surface area contributed by atoms with Gasteiger partial charge in [-0.25, -0.2) is 4.79 Å². The molecule has 1 heterocycles. The summed E-state index contributed by atoms with van der Waals surface area (Å²) in [5.74, 6) is 0.597. The Bertz CT molecular complexity index is 230. The van der Waals surface area contributed by atoms with Crippen LogP contribution in [0.15, 0.2) is 0 Å². The Morgan fingerprint density at radius 3 is 2.38 bits per heavy atom. The van der Waals surface area contributed by atoms with Gasteiger partial charge in [-0.2, -0.15) is 0 Å². The smallest absolute Gasteiger partial charge is 0.409 e. The van der Waals surface area contributed by atoms with Crippen LogP contribution in [0.25, 0.3) is 0 Å². The third-order valence-electron chi connectivity index (χ3n) is 3.10. The van der Waals surface area contributed by atoms with Crippen LogP contribution in [0.2, 0.25) is 0 Å². The van der Waals surface area contributed by atoms with E-state index in [1.807, 2.05) is 25.7 Å². The summed E-state index contributed by atoms with van der Waals surface area (Å²) >= 11 is 0. The van der Waals surface area contributed by atoms with Crippen molar-refractivity contribution < 1.29 is 9.53 Å². The standard InChI is InChI=1S/C12H24N2O2/c1-12(2,3)14(11(15)16-4)9-10-5-7-13-8-6-10/h10,13H,5-9H2,1-4H3. The van der Waals surface area contributed by atoms with E-state index in [9.17, 15) is 4.79 Å². The molecule has 1 fully saturated rings. The van der Waals surface area contributed by atoms with Crippen LogP contribution in [0.3, 0.4) is 0 Å². The number of hydrogen-bond acceptors (Lipinski definition) is 3. The van der Waals surface area contributed by atoms with Gasteiger partial charge in [0.25, 0.3) is 0 Å². The van der Waals surface area contributed by atoms with E-state index in [1.165, 1.54) is 7.11 Å². The largest absolute Gasteiger partial charge is 0.453 e. The van der Waals surface area contributed by atoms with Gasteiger partial charge in [0.05, 0.1) is 7.11 Å². The molecular weight excluding hydrogens is 204 g/mol. The summed E-state index contributed by atoms with van der Waals surface area (Å²) in [7, 11) is 1.45. The van der Waals surface area contributed by atoms with Crippen molar-refractivity contribution in [1.82, 2.24) is 10.2 Å². The Labute approximate surface area is 98.3 Å². The maximum Gasteiger partial charge on any atom is 0.409 e. The monoisotopic (exact) mass is 228 g/mol. The van der Waals surface area contributed by atoms with Crippen molar-refractivity contribution in [2.75, 3.05) is 26.7 Å². The molecule has 1 N–H and O–H groups in total. The summed E-state index contributed by atoms with van der Waals surface area (Å²) in [5.41, 5.74) is -0.169. The molecule has 1 aliphatic rings. The van der Waals surface area contributed by atoms with Crippen LogP contribution in [0.5, 0.6) is 0 Å². The van der Waals surface area contributed by atoms with Gasteiger partial charge in [-0.15, -0.1) is 0 Å². The minimum absolute atomic E-state index is 0.169. The second-order valence-electron chi connectivity index (χ2n) is 5.44. The Morgan fingerprint density at radius 1 is 1.38 bits per heavy atom. The second-order valence-corrected chi connectivity index (χ2v) is 5.44. The Hall–Kier alpha value is -0.770. The summed E-state index contributed by atoms with van der Waals surface area (Å²) in [4.78, 5) is 13.6. The molecule has 1 saturated heterocycles. The average Bonchev–Trinajstić information content (AvgIpc) is 2.25. The SMILES string of the molecule is COC(=O)N(CC1CCNCC1)C(C)(C)C. The van der Waals surface area contributed by atoms with Crippen LogP contribution >= 0.6 is 0 Å². The molecule has 0 spiro atoms. The lowest BCUT2D eigenvalue weighted by Gasteiger charge is -2.38. The molecule has 0 unspecified atom stereocenters. The fraction of sp³-hybridized carbons (Fsp3) is 0.917. The second kappa shape index (κ2) is 5.53. The van der Waals surface area contributed by atoms with Gasteiger partial charge in [0.1, 0.15) is 0 Å². The number of amides is 1. The van der Waals surface area contributed by atoms with Crippen LogP contribution in [0, 0.1) is 5.92 Å². The van der Waals surface area contributed by atoms with Crippen molar-refractivity contribution in [2.24, 2.45) is 5.92 Å². The van der Waals surface area contributed by atoms with Gasteiger partial charge in [-0.05, 0) is 52.6 Å². The normalized spacial score (nSPS) is 18.2. The van der Waals surface area contributed by atoms with E-state index in [0.29, 0.717) is 5.92 Å². The fourth-order valence-electron chi connectivity index (χ4n) is 2.05. The highest BCUT2D eigenvalue weighted by atomic mass is 16.5. The predicted octanol–water partition coefficient (Wildman–Crippen LogP) is 1.85. The molecular formula is C12H24N2O2. The molecule has 0 bridgehead atoms. The van der Waals surface area contributed by atoms with E-state index in [0.717, 1.165) is 32.5 Å². The summed E-state index contributed by atoms with van der Waals surface area (Å²) in [6.45, 7) is 9.06. The van der Waals surface area contributed by atoms with Crippen LogP contribution in [-0.4, -0.2) is 43.3 Å². The first-order valence-corrected chi connectivity index (χ1v) is 6.01. The first kappa shape index (κ1) is 13.3. The molecule has 0 saturated carbocycles. The average molecular weight is 228 g/mol. The Morgan fingerprint density at radius 2 is 1.94 bits per heavy atom. The third-order valence-corrected chi connectivity index (χ3v) is 3.10. The number of carbonyl (C=O) groups excluding carboxylic acids is 1. The van der Waals surface area contributed by atoms with Gasteiger partial charge < -0.3 is 15.0 Å². The van der Waals surface area contributed by atoms with Gasteiger partial charge in [-0.1, -0.05) is 0 Å². The summed E-state index contributed by atoms with van der Waals surface area (Å²) in [5, 5.41) is 3.34. The van der Waals surface area contributed by atoms with Gasteiger partial charge >= 0.3 is 6.09 Å². The minimum atomic E-state index is -0.217. The summed E-state index contributed by atoms with van der Waals surface area (Å²) in [6, 6.07) is 0. The van der Waals surface area contributed by atoms with E-state index in [1.54, 1.807) is 0 Å². The number of hydrogen-bond donors (Lipinski definition) is 1. The first-order valence-electron chi connectivity index (χ1n) is 6.01. The van der Waals surface area contributed by atoms with Crippen molar-refractivity contribution >= 4 is 6.09 Å². The molecule has 1 amide bonds. The van der Waals surface area contributed by atoms with Crippen LogP contribution < -0.4 is 5.32 Å². The molecule has 0 radical (unpaired) electrons. The number of nitrogens with one attached hydrogen (secondary N) is 1. The predicted molar refractivity (Wildman–Crippen MR) is 64.5 cm³/mol. The van der Waals surface area contributed by atoms with Crippen molar-refractivity contribution in [2.45, 2.75) is 39.2 Å². The lowest BCUT2D eigenvalue weighted by atomic mass is 9.95. The molecule has 0 aliphatic carbocycles. The van der Waals surface area contributed by atoms with Crippen molar-refractivity contribution in [3.05, 3.63) is 0 Å². The van der Waals surface area contributed by atoms with E-state index in [-0.39, 0.29) is 11.6 Å². The third kappa shape index (κ3) is 3.67. The zero-order valence-corrected chi connectivity index (χ0v) is 10.9. The molecule has 4 nitrogen and oxygen atoms in total. The van der Waals surface area contributed by atoms with E-state index in [4.69, 9.17) is 4.74 Å². The highest BCUT2D eigenvalue weighted by Crippen LogP contribution is 2.20. The van der Waals surface area contributed by atoms with Crippen LogP contribution in [-0.2, 0) is 4.74 Å². The molecule has 1 aliphatic heterocycles. The maximum absolute atomic E-state index is 11.7. The molecule has 0 aromatic carbocycles. The van der Waals surface area contributed by atoms with Gasteiger partial charge in [0.15, 0.2) is 0 Å². The lowest BCUT2D eigenvalue weighted by Crippen LogP contribution is -2.49. The number of piperidine rings is 1. The number of carbonyl (C=O) groups is 1. The van der Waals surface area contributed by atoms with Gasteiger partial charge in [0.2, 0.25) is 0 Å². The van der Waals surface area contributed by atoms with Gasteiger partial charge in [-0.3, -0.25) is 0 Å². The number of ether oxygens (including phenoxy) is 1. The van der Waals surface area contributed by atoms with Gasteiger partial charge in [0, 0.05) is 12.1 Å².